The second kappa shape index (κ2) is 4.87. The highest BCUT2D eigenvalue weighted by Crippen LogP contribution is 2.43. The Hall–Kier alpha value is -1.51. The van der Waals surface area contributed by atoms with Crippen LogP contribution < -0.4 is 0 Å². The Morgan fingerprint density at radius 3 is 1.79 bits per heavy atom. The lowest BCUT2D eigenvalue weighted by molar-refractivity contribution is -0.385. The molecule has 3 nitrogen and oxygen atoms in total. The van der Waals surface area contributed by atoms with Crippen LogP contribution in [0, 0.1) is 10.1 Å². The molecule has 0 aliphatic heterocycles. The van der Waals surface area contributed by atoms with Crippen LogP contribution in [-0.4, -0.2) is 4.92 Å². The summed E-state index contributed by atoms with van der Waals surface area (Å²) in [5, 5.41) is 10.5. The quantitative estimate of drug-likeness (QED) is 0.352. The normalized spacial score (nSPS) is 12.6. The van der Waals surface area contributed by atoms with Crippen molar-refractivity contribution >= 4 is 17.3 Å². The van der Waals surface area contributed by atoms with Crippen LogP contribution in [0.25, 0.3) is 0 Å². The lowest BCUT2D eigenvalue weighted by Crippen LogP contribution is -2.17. The maximum atomic E-state index is 12.5. The van der Waals surface area contributed by atoms with E-state index in [1.165, 1.54) is 0 Å². The maximum absolute atomic E-state index is 12.5. The summed E-state index contributed by atoms with van der Waals surface area (Å²) in [5.41, 5.74) is -5.84. The van der Waals surface area contributed by atoms with Crippen LogP contribution in [0.2, 0.25) is 0 Å². The van der Waals surface area contributed by atoms with Gasteiger partial charge in [-0.2, -0.15) is 26.3 Å². The number of nitro benzene ring substituents is 1. The number of halogens is 7. The van der Waals surface area contributed by atoms with E-state index >= 15 is 0 Å². The highest BCUT2D eigenvalue weighted by molar-refractivity contribution is 6.17. The molecule has 106 valence electrons. The minimum Gasteiger partial charge on any atom is -0.258 e. The second-order valence-corrected chi connectivity index (χ2v) is 3.68. The molecule has 0 amide bonds. The standard InChI is InChI=1S/C9H4ClF6NO2/c10-3-4-1-5(8(11,12)13)6(9(14,15)16)2-7(4)17(18)19/h1-2H,3H2. The van der Waals surface area contributed by atoms with E-state index in [0.717, 1.165) is 0 Å². The van der Waals surface area contributed by atoms with Crippen molar-refractivity contribution in [1.29, 1.82) is 0 Å². The minimum absolute atomic E-state index is 0.0496. The zero-order valence-corrected chi connectivity index (χ0v) is 9.53. The molecular formula is C9H4ClF6NO2. The minimum atomic E-state index is -5.36. The third-order valence-electron chi connectivity index (χ3n) is 2.17. The zero-order valence-electron chi connectivity index (χ0n) is 8.77. The number of hydrogen-bond donors (Lipinski definition) is 0. The van der Waals surface area contributed by atoms with E-state index in [2.05, 4.69) is 0 Å². The van der Waals surface area contributed by atoms with E-state index in [4.69, 9.17) is 11.6 Å². The lowest BCUT2D eigenvalue weighted by atomic mass is 10.0. The van der Waals surface area contributed by atoms with E-state index in [1.807, 2.05) is 0 Å². The first-order chi connectivity index (χ1) is 8.48. The molecule has 0 aromatic heterocycles. The number of hydrogen-bond acceptors (Lipinski definition) is 2. The molecule has 0 atom stereocenters. The fraction of sp³-hybridized carbons (Fsp3) is 0.333. The first-order valence-corrected chi connectivity index (χ1v) is 5.03. The van der Waals surface area contributed by atoms with Crippen molar-refractivity contribution in [2.75, 3.05) is 0 Å². The average molecular weight is 308 g/mol. The van der Waals surface area contributed by atoms with Gasteiger partial charge in [0.15, 0.2) is 0 Å². The highest BCUT2D eigenvalue weighted by atomic mass is 35.5. The van der Waals surface area contributed by atoms with Gasteiger partial charge in [0.25, 0.3) is 5.69 Å². The van der Waals surface area contributed by atoms with Gasteiger partial charge in [-0.1, -0.05) is 0 Å². The van der Waals surface area contributed by atoms with Crippen LogP contribution in [0.15, 0.2) is 12.1 Å². The molecule has 0 heterocycles. The fourth-order valence-corrected chi connectivity index (χ4v) is 1.59. The lowest BCUT2D eigenvalue weighted by Gasteiger charge is -2.16. The molecule has 0 N–H and O–H groups in total. The topological polar surface area (TPSA) is 43.1 Å². The molecule has 0 radical (unpaired) electrons. The van der Waals surface area contributed by atoms with Gasteiger partial charge in [-0.25, -0.2) is 0 Å². The summed E-state index contributed by atoms with van der Waals surface area (Å²) in [7, 11) is 0. The molecule has 0 unspecified atom stereocenters. The van der Waals surface area contributed by atoms with Gasteiger partial charge in [-0.15, -0.1) is 11.6 Å². The molecule has 0 saturated heterocycles. The van der Waals surface area contributed by atoms with Crippen molar-refractivity contribution in [3.05, 3.63) is 38.9 Å². The second-order valence-electron chi connectivity index (χ2n) is 3.41. The third-order valence-corrected chi connectivity index (χ3v) is 2.46. The summed E-state index contributed by atoms with van der Waals surface area (Å²) in [4.78, 5) is 9.30. The number of nitro groups is 1. The molecular weight excluding hydrogens is 304 g/mol. The summed E-state index contributed by atoms with van der Waals surface area (Å²) in [5.74, 6) is -0.711. The van der Waals surface area contributed by atoms with E-state index in [-0.39, 0.29) is 12.1 Å². The SMILES string of the molecule is O=[N+]([O-])c1cc(C(F)(F)F)c(C(F)(F)F)cc1CCl. The van der Waals surface area contributed by atoms with E-state index in [0.29, 0.717) is 0 Å². The van der Waals surface area contributed by atoms with Crippen molar-refractivity contribution in [1.82, 2.24) is 0 Å². The maximum Gasteiger partial charge on any atom is 0.417 e. The fourth-order valence-electron chi connectivity index (χ4n) is 1.38. The third kappa shape index (κ3) is 3.28. The Labute approximate surface area is 106 Å². The van der Waals surface area contributed by atoms with Gasteiger partial charge in [0, 0.05) is 11.6 Å². The predicted molar refractivity (Wildman–Crippen MR) is 52.7 cm³/mol. The molecule has 10 heteroatoms. The summed E-state index contributed by atoms with van der Waals surface area (Å²) < 4.78 is 75.1. The number of alkyl halides is 7. The molecule has 0 spiro atoms. The van der Waals surface area contributed by atoms with Gasteiger partial charge in [0.1, 0.15) is 0 Å². The zero-order chi connectivity index (χ0) is 15.0. The van der Waals surface area contributed by atoms with Crippen molar-refractivity contribution in [2.45, 2.75) is 18.2 Å². The summed E-state index contributed by atoms with van der Waals surface area (Å²) in [6.45, 7) is 0. The van der Waals surface area contributed by atoms with Gasteiger partial charge in [0.05, 0.1) is 21.9 Å². The van der Waals surface area contributed by atoms with Crippen LogP contribution in [0.5, 0.6) is 0 Å². The van der Waals surface area contributed by atoms with Crippen LogP contribution >= 0.6 is 11.6 Å². The van der Waals surface area contributed by atoms with Crippen LogP contribution in [-0.2, 0) is 18.2 Å². The van der Waals surface area contributed by atoms with Gasteiger partial charge >= 0.3 is 12.4 Å². The Kier molecular flexibility index (Phi) is 3.99. The molecule has 0 aliphatic carbocycles. The molecule has 0 aliphatic rings. The van der Waals surface area contributed by atoms with Gasteiger partial charge in [-0.05, 0) is 6.07 Å². The Balaban J connectivity index is 3.68. The Morgan fingerprint density at radius 2 is 1.47 bits per heavy atom. The van der Waals surface area contributed by atoms with Crippen molar-refractivity contribution in [3.63, 3.8) is 0 Å². The first-order valence-electron chi connectivity index (χ1n) is 4.50. The van der Waals surface area contributed by atoms with Crippen LogP contribution in [0.1, 0.15) is 16.7 Å². The largest absolute Gasteiger partial charge is 0.417 e. The van der Waals surface area contributed by atoms with Crippen LogP contribution in [0.3, 0.4) is 0 Å². The van der Waals surface area contributed by atoms with Gasteiger partial charge in [-0.3, -0.25) is 10.1 Å². The van der Waals surface area contributed by atoms with E-state index in [9.17, 15) is 36.5 Å². The Bertz CT molecular complexity index is 511. The van der Waals surface area contributed by atoms with E-state index in [1.54, 1.807) is 0 Å². The average Bonchev–Trinajstić information content (AvgIpc) is 2.24. The highest BCUT2D eigenvalue weighted by Gasteiger charge is 2.44. The summed E-state index contributed by atoms with van der Waals surface area (Å²) >= 11 is 5.21. The molecule has 1 rings (SSSR count). The number of benzene rings is 1. The van der Waals surface area contributed by atoms with Gasteiger partial charge in [0.2, 0.25) is 0 Å². The summed E-state index contributed by atoms with van der Waals surface area (Å²) in [6.07, 6.45) is -10.7. The first kappa shape index (κ1) is 15.5. The monoisotopic (exact) mass is 307 g/mol. The van der Waals surface area contributed by atoms with Gasteiger partial charge < -0.3 is 0 Å². The van der Waals surface area contributed by atoms with Crippen molar-refractivity contribution in [3.8, 4) is 0 Å². The molecule has 1 aromatic carbocycles. The molecule has 0 saturated carbocycles. The molecule has 0 bridgehead atoms. The van der Waals surface area contributed by atoms with Crippen molar-refractivity contribution < 1.29 is 31.3 Å². The number of nitrogens with zero attached hydrogens (tertiary/aromatic N) is 1. The Morgan fingerprint density at radius 1 is 1.05 bits per heavy atom. The van der Waals surface area contributed by atoms with Crippen molar-refractivity contribution in [2.24, 2.45) is 0 Å². The molecule has 0 fully saturated rings. The van der Waals surface area contributed by atoms with E-state index < -0.39 is 45.5 Å². The van der Waals surface area contributed by atoms with Crippen LogP contribution in [0.4, 0.5) is 32.0 Å². The summed E-state index contributed by atoms with van der Waals surface area (Å²) in [6, 6.07) is -0.103. The molecule has 19 heavy (non-hydrogen) atoms. The smallest absolute Gasteiger partial charge is 0.258 e. The molecule has 1 aromatic rings. The number of rotatable bonds is 2. The predicted octanol–water partition coefficient (Wildman–Crippen LogP) is 4.37.